The second-order valence-electron chi connectivity index (χ2n) is 6.45. The first-order valence-electron chi connectivity index (χ1n) is 7.47. The average molecular weight is 295 g/mol. The summed E-state index contributed by atoms with van der Waals surface area (Å²) >= 11 is 6.25. The highest BCUT2D eigenvalue weighted by molar-refractivity contribution is 6.30. The Morgan fingerprint density at radius 3 is 2.50 bits per heavy atom. The predicted octanol–water partition coefficient (Wildman–Crippen LogP) is 3.21. The Labute approximate surface area is 125 Å². The number of rotatable bonds is 5. The van der Waals surface area contributed by atoms with Crippen LogP contribution in [0, 0.1) is 6.92 Å². The average Bonchev–Trinajstić information content (AvgIpc) is 3.16. The summed E-state index contributed by atoms with van der Waals surface area (Å²) in [5.74, 6) is 2.36. The summed E-state index contributed by atoms with van der Waals surface area (Å²) in [4.78, 5) is 11.4. The Bertz CT molecular complexity index is 507. The second-order valence-corrected chi connectivity index (χ2v) is 6.80. The lowest BCUT2D eigenvalue weighted by Crippen LogP contribution is -2.54. The van der Waals surface area contributed by atoms with Gasteiger partial charge in [0, 0.05) is 23.6 Å². The van der Waals surface area contributed by atoms with Crippen LogP contribution in [-0.4, -0.2) is 41.0 Å². The van der Waals surface area contributed by atoms with Gasteiger partial charge in [0.05, 0.1) is 0 Å². The first-order valence-corrected chi connectivity index (χ1v) is 7.85. The fourth-order valence-corrected chi connectivity index (χ4v) is 2.99. The van der Waals surface area contributed by atoms with E-state index < -0.39 is 0 Å². The number of halogens is 1. The van der Waals surface area contributed by atoms with Crippen LogP contribution in [0.2, 0.25) is 5.15 Å². The van der Waals surface area contributed by atoms with Gasteiger partial charge < -0.3 is 10.2 Å². The van der Waals surface area contributed by atoms with E-state index >= 15 is 0 Å². The molecule has 20 heavy (non-hydrogen) atoms. The van der Waals surface area contributed by atoms with Crippen LogP contribution in [0.4, 0.5) is 5.82 Å². The van der Waals surface area contributed by atoms with Gasteiger partial charge in [0.25, 0.3) is 0 Å². The summed E-state index contributed by atoms with van der Waals surface area (Å²) in [5, 5.41) is 4.12. The van der Waals surface area contributed by atoms with Gasteiger partial charge in [-0.15, -0.1) is 0 Å². The van der Waals surface area contributed by atoms with Gasteiger partial charge >= 0.3 is 0 Å². The molecular weight excluding hydrogens is 272 g/mol. The second kappa shape index (κ2) is 5.15. The summed E-state index contributed by atoms with van der Waals surface area (Å²) in [5.41, 5.74) is 1.24. The van der Waals surface area contributed by atoms with Crippen LogP contribution < -0.4 is 5.32 Å². The zero-order valence-corrected chi connectivity index (χ0v) is 13.3. The minimum Gasteiger partial charge on any atom is -0.368 e. The van der Waals surface area contributed by atoms with Gasteiger partial charge in [-0.25, -0.2) is 9.97 Å². The summed E-state index contributed by atoms with van der Waals surface area (Å²) in [6.45, 7) is 2.92. The smallest absolute Gasteiger partial charge is 0.137 e. The minimum atomic E-state index is 0.281. The van der Waals surface area contributed by atoms with Crippen molar-refractivity contribution in [2.45, 2.75) is 50.5 Å². The van der Waals surface area contributed by atoms with Gasteiger partial charge in [-0.2, -0.15) is 0 Å². The number of aromatic nitrogens is 2. The molecule has 0 amide bonds. The van der Waals surface area contributed by atoms with Gasteiger partial charge in [0.2, 0.25) is 0 Å². The summed E-state index contributed by atoms with van der Waals surface area (Å²) in [6.07, 6.45) is 6.21. The third-order valence-corrected chi connectivity index (χ3v) is 5.23. The van der Waals surface area contributed by atoms with E-state index in [0.29, 0.717) is 11.1 Å². The lowest BCUT2D eigenvalue weighted by Gasteiger charge is -2.47. The molecule has 2 aliphatic rings. The van der Waals surface area contributed by atoms with Crippen molar-refractivity contribution in [1.29, 1.82) is 0 Å². The first kappa shape index (κ1) is 14.1. The molecule has 1 N–H and O–H groups in total. The van der Waals surface area contributed by atoms with Crippen molar-refractivity contribution in [3.05, 3.63) is 16.5 Å². The van der Waals surface area contributed by atoms with E-state index in [1.165, 1.54) is 32.1 Å². The predicted molar refractivity (Wildman–Crippen MR) is 82.5 cm³/mol. The van der Waals surface area contributed by atoms with Crippen molar-refractivity contribution in [2.75, 3.05) is 26.0 Å². The standard InChI is InChI=1S/C15H23ClN4/c1-10-12(16)18-14(11-5-6-11)19-13(10)17-9-15(20(2)3)7-4-8-15/h11H,4-9H2,1-3H3,(H,17,18,19). The number of nitrogens with zero attached hydrogens (tertiary/aromatic N) is 3. The summed E-state index contributed by atoms with van der Waals surface area (Å²) in [7, 11) is 4.33. The molecule has 0 atom stereocenters. The molecular formula is C15H23ClN4. The van der Waals surface area contributed by atoms with Crippen molar-refractivity contribution < 1.29 is 0 Å². The maximum absolute atomic E-state index is 6.25. The molecule has 1 aromatic rings. The molecule has 5 heteroatoms. The van der Waals surface area contributed by atoms with Gasteiger partial charge in [-0.1, -0.05) is 11.6 Å². The van der Waals surface area contributed by atoms with Gasteiger partial charge in [-0.05, 0) is 53.1 Å². The SMILES string of the molecule is Cc1c(Cl)nc(C2CC2)nc1NCC1(N(C)C)CCC1. The molecule has 0 unspecified atom stereocenters. The Morgan fingerprint density at radius 1 is 1.30 bits per heavy atom. The Morgan fingerprint density at radius 2 is 2.00 bits per heavy atom. The summed E-state index contributed by atoms with van der Waals surface area (Å²) in [6, 6.07) is 0. The van der Waals surface area contributed by atoms with Crippen molar-refractivity contribution in [3.63, 3.8) is 0 Å². The maximum Gasteiger partial charge on any atom is 0.137 e. The van der Waals surface area contributed by atoms with Crippen molar-refractivity contribution in [3.8, 4) is 0 Å². The normalized spacial score (nSPS) is 20.9. The Balaban J connectivity index is 1.76. The highest BCUT2D eigenvalue weighted by atomic mass is 35.5. The van der Waals surface area contributed by atoms with Crippen LogP contribution in [-0.2, 0) is 0 Å². The molecule has 4 nitrogen and oxygen atoms in total. The van der Waals surface area contributed by atoms with Crippen LogP contribution in [0.25, 0.3) is 0 Å². The Hall–Kier alpha value is -0.870. The number of anilines is 1. The number of hydrogen-bond acceptors (Lipinski definition) is 4. The topological polar surface area (TPSA) is 41.1 Å². The van der Waals surface area contributed by atoms with E-state index in [9.17, 15) is 0 Å². The minimum absolute atomic E-state index is 0.281. The van der Waals surface area contributed by atoms with Crippen LogP contribution in [0.5, 0.6) is 0 Å². The molecule has 1 aromatic heterocycles. The zero-order valence-electron chi connectivity index (χ0n) is 12.5. The van der Waals surface area contributed by atoms with E-state index in [2.05, 4.69) is 29.3 Å². The highest BCUT2D eigenvalue weighted by Crippen LogP contribution is 2.40. The third-order valence-electron chi connectivity index (χ3n) is 4.86. The van der Waals surface area contributed by atoms with E-state index in [1.807, 2.05) is 6.92 Å². The van der Waals surface area contributed by atoms with E-state index in [-0.39, 0.29) is 5.54 Å². The highest BCUT2D eigenvalue weighted by Gasteiger charge is 2.39. The molecule has 2 saturated carbocycles. The molecule has 0 saturated heterocycles. The third kappa shape index (κ3) is 2.51. The van der Waals surface area contributed by atoms with Gasteiger partial charge in [-0.3, -0.25) is 0 Å². The van der Waals surface area contributed by atoms with Crippen molar-refractivity contribution in [1.82, 2.24) is 14.9 Å². The number of hydrogen-bond donors (Lipinski definition) is 1. The van der Waals surface area contributed by atoms with Crippen molar-refractivity contribution >= 4 is 17.4 Å². The maximum atomic E-state index is 6.25. The number of likely N-dealkylation sites (N-methyl/N-ethyl adjacent to an activating group) is 1. The van der Waals surface area contributed by atoms with Gasteiger partial charge in [0.15, 0.2) is 0 Å². The van der Waals surface area contributed by atoms with Crippen LogP contribution in [0.3, 0.4) is 0 Å². The fourth-order valence-electron chi connectivity index (χ4n) is 2.82. The molecule has 3 rings (SSSR count). The van der Waals surface area contributed by atoms with E-state index in [1.54, 1.807) is 0 Å². The van der Waals surface area contributed by atoms with Gasteiger partial charge in [0.1, 0.15) is 16.8 Å². The molecule has 110 valence electrons. The number of nitrogens with one attached hydrogen (secondary N) is 1. The van der Waals surface area contributed by atoms with E-state index in [4.69, 9.17) is 16.6 Å². The lowest BCUT2D eigenvalue weighted by molar-refractivity contribution is 0.0738. The lowest BCUT2D eigenvalue weighted by atomic mass is 9.75. The zero-order chi connectivity index (χ0) is 14.3. The van der Waals surface area contributed by atoms with Crippen LogP contribution in [0.15, 0.2) is 0 Å². The molecule has 0 spiro atoms. The van der Waals surface area contributed by atoms with E-state index in [0.717, 1.165) is 23.8 Å². The largest absolute Gasteiger partial charge is 0.368 e. The monoisotopic (exact) mass is 294 g/mol. The molecule has 0 radical (unpaired) electrons. The molecule has 0 aliphatic heterocycles. The molecule has 2 fully saturated rings. The Kier molecular flexibility index (Phi) is 3.63. The molecule has 0 bridgehead atoms. The van der Waals surface area contributed by atoms with Crippen LogP contribution >= 0.6 is 11.6 Å². The quantitative estimate of drug-likeness (QED) is 0.847. The molecule has 1 heterocycles. The fraction of sp³-hybridized carbons (Fsp3) is 0.733. The van der Waals surface area contributed by atoms with Crippen LogP contribution in [0.1, 0.15) is 49.4 Å². The molecule has 0 aromatic carbocycles. The first-order chi connectivity index (χ1) is 9.52. The van der Waals surface area contributed by atoms with Crippen molar-refractivity contribution in [2.24, 2.45) is 0 Å². The summed E-state index contributed by atoms with van der Waals surface area (Å²) < 4.78 is 0. The molecule has 2 aliphatic carbocycles.